The molecule has 160 valence electrons. The lowest BCUT2D eigenvalue weighted by molar-refractivity contribution is -0.119. The molecule has 2 heterocycles. The molecule has 3 rings (SSSR count). The Morgan fingerprint density at radius 3 is 2.79 bits per heavy atom. The first-order valence-corrected chi connectivity index (χ1v) is 10.1. The monoisotopic (exact) mass is 407 g/mol. The lowest BCUT2D eigenvalue weighted by Gasteiger charge is -2.29. The van der Waals surface area contributed by atoms with Gasteiger partial charge in [0.1, 0.15) is 11.9 Å². The van der Waals surface area contributed by atoms with Gasteiger partial charge in [0, 0.05) is 46.7 Å². The summed E-state index contributed by atoms with van der Waals surface area (Å²) in [6.45, 7) is 8.28. The molecule has 0 aliphatic carbocycles. The van der Waals surface area contributed by atoms with Crippen LogP contribution >= 0.6 is 0 Å². The average Bonchev–Trinajstić information content (AvgIpc) is 3.26. The molecule has 1 N–H and O–H groups in total. The summed E-state index contributed by atoms with van der Waals surface area (Å²) in [7, 11) is 2.08. The number of anilines is 2. The SMILES string of the molecule is CCN(CCN1CCCN1C)c1ccc(N2C[C@H](CNC(C)=O)OC2=O)cc1F. The van der Waals surface area contributed by atoms with Gasteiger partial charge in [-0.1, -0.05) is 0 Å². The summed E-state index contributed by atoms with van der Waals surface area (Å²) in [4.78, 5) is 26.6. The van der Waals surface area contributed by atoms with Gasteiger partial charge in [0.15, 0.2) is 0 Å². The molecular weight excluding hydrogens is 377 g/mol. The van der Waals surface area contributed by atoms with Crippen LogP contribution in [0.5, 0.6) is 0 Å². The van der Waals surface area contributed by atoms with E-state index in [9.17, 15) is 14.0 Å². The maximum absolute atomic E-state index is 14.9. The fourth-order valence-corrected chi connectivity index (χ4v) is 3.78. The average molecular weight is 407 g/mol. The van der Waals surface area contributed by atoms with Crippen LogP contribution in [0.3, 0.4) is 0 Å². The summed E-state index contributed by atoms with van der Waals surface area (Å²) in [5.41, 5.74) is 0.984. The molecule has 0 spiro atoms. The fraction of sp³-hybridized carbons (Fsp3) is 0.600. The zero-order valence-corrected chi connectivity index (χ0v) is 17.4. The van der Waals surface area contributed by atoms with E-state index < -0.39 is 12.2 Å². The number of amides is 2. The van der Waals surface area contributed by atoms with Crippen molar-refractivity contribution in [2.24, 2.45) is 0 Å². The second-order valence-corrected chi connectivity index (χ2v) is 7.46. The molecule has 0 radical (unpaired) electrons. The number of hydrazine groups is 1. The molecule has 2 aliphatic heterocycles. The molecule has 0 saturated carbocycles. The number of nitrogens with zero attached hydrogens (tertiary/aromatic N) is 4. The predicted molar refractivity (Wildman–Crippen MR) is 109 cm³/mol. The van der Waals surface area contributed by atoms with Crippen LogP contribution in [0.1, 0.15) is 20.3 Å². The second-order valence-electron chi connectivity index (χ2n) is 7.46. The molecule has 0 unspecified atom stereocenters. The van der Waals surface area contributed by atoms with Crippen molar-refractivity contribution in [1.82, 2.24) is 15.3 Å². The third-order valence-corrected chi connectivity index (χ3v) is 5.43. The van der Waals surface area contributed by atoms with E-state index in [1.807, 2.05) is 11.8 Å². The van der Waals surface area contributed by atoms with Crippen molar-refractivity contribution in [3.05, 3.63) is 24.0 Å². The fourth-order valence-electron chi connectivity index (χ4n) is 3.78. The Balaban J connectivity index is 1.64. The Labute approximate surface area is 171 Å². The van der Waals surface area contributed by atoms with Gasteiger partial charge in [-0.15, -0.1) is 0 Å². The smallest absolute Gasteiger partial charge is 0.414 e. The zero-order chi connectivity index (χ0) is 21.0. The van der Waals surface area contributed by atoms with Crippen LogP contribution in [0.15, 0.2) is 18.2 Å². The molecule has 2 saturated heterocycles. The van der Waals surface area contributed by atoms with Gasteiger partial charge >= 0.3 is 6.09 Å². The van der Waals surface area contributed by atoms with Gasteiger partial charge in [0.25, 0.3) is 0 Å². The minimum atomic E-state index is -0.531. The van der Waals surface area contributed by atoms with Crippen LogP contribution in [-0.2, 0) is 9.53 Å². The Kier molecular flexibility index (Phi) is 6.92. The van der Waals surface area contributed by atoms with E-state index in [4.69, 9.17) is 4.74 Å². The van der Waals surface area contributed by atoms with E-state index in [1.165, 1.54) is 17.9 Å². The summed E-state index contributed by atoms with van der Waals surface area (Å²) < 4.78 is 20.1. The lowest BCUT2D eigenvalue weighted by Crippen LogP contribution is -2.40. The summed E-state index contributed by atoms with van der Waals surface area (Å²) in [6, 6.07) is 4.84. The number of halogens is 1. The van der Waals surface area contributed by atoms with E-state index in [1.54, 1.807) is 12.1 Å². The Morgan fingerprint density at radius 1 is 1.38 bits per heavy atom. The van der Waals surface area contributed by atoms with Crippen LogP contribution in [0.2, 0.25) is 0 Å². The van der Waals surface area contributed by atoms with E-state index >= 15 is 0 Å². The molecule has 9 heteroatoms. The number of ether oxygens (including phenoxy) is 1. The van der Waals surface area contributed by atoms with Crippen molar-refractivity contribution in [3.8, 4) is 0 Å². The number of carbonyl (C=O) groups excluding carboxylic acids is 2. The van der Waals surface area contributed by atoms with Crippen LogP contribution < -0.4 is 15.1 Å². The summed E-state index contributed by atoms with van der Waals surface area (Å²) in [5.74, 6) is -0.549. The first-order chi connectivity index (χ1) is 13.9. The first kappa shape index (κ1) is 21.3. The highest BCUT2D eigenvalue weighted by molar-refractivity contribution is 5.90. The van der Waals surface area contributed by atoms with Gasteiger partial charge in [-0.25, -0.2) is 19.2 Å². The molecular formula is C20H30FN5O3. The van der Waals surface area contributed by atoms with Crippen molar-refractivity contribution in [2.45, 2.75) is 26.4 Å². The van der Waals surface area contributed by atoms with E-state index in [-0.39, 0.29) is 24.8 Å². The van der Waals surface area contributed by atoms with E-state index in [0.717, 1.165) is 32.6 Å². The molecule has 1 aromatic rings. The predicted octanol–water partition coefficient (Wildman–Crippen LogP) is 1.67. The van der Waals surface area contributed by atoms with Crippen molar-refractivity contribution in [1.29, 1.82) is 0 Å². The van der Waals surface area contributed by atoms with Gasteiger partial charge in [-0.05, 0) is 31.5 Å². The molecule has 2 amide bonds. The van der Waals surface area contributed by atoms with Gasteiger partial charge in [0.05, 0.1) is 24.5 Å². The normalized spacial score (nSPS) is 20.2. The molecule has 8 nitrogen and oxygen atoms in total. The molecule has 0 bridgehead atoms. The zero-order valence-electron chi connectivity index (χ0n) is 17.4. The van der Waals surface area contributed by atoms with Gasteiger partial charge in [-0.2, -0.15) is 0 Å². The first-order valence-electron chi connectivity index (χ1n) is 10.1. The highest BCUT2D eigenvalue weighted by Crippen LogP contribution is 2.28. The summed E-state index contributed by atoms with van der Waals surface area (Å²) >= 11 is 0. The number of hydrogen-bond acceptors (Lipinski definition) is 6. The number of hydrogen-bond donors (Lipinski definition) is 1. The van der Waals surface area contributed by atoms with Crippen LogP contribution in [0, 0.1) is 5.82 Å². The number of nitrogens with one attached hydrogen (secondary N) is 1. The van der Waals surface area contributed by atoms with E-state index in [0.29, 0.717) is 17.9 Å². The van der Waals surface area contributed by atoms with Crippen LogP contribution in [0.25, 0.3) is 0 Å². The van der Waals surface area contributed by atoms with Gasteiger partial charge in [-0.3, -0.25) is 9.69 Å². The van der Waals surface area contributed by atoms with Gasteiger partial charge in [0.2, 0.25) is 5.91 Å². The van der Waals surface area contributed by atoms with Gasteiger partial charge < -0.3 is 15.0 Å². The molecule has 1 atom stereocenters. The number of likely N-dealkylation sites (N-methyl/N-ethyl adjacent to an activating group) is 1. The third kappa shape index (κ3) is 5.16. The number of benzene rings is 1. The van der Waals surface area contributed by atoms with Crippen molar-refractivity contribution >= 4 is 23.4 Å². The Hall–Kier alpha value is -2.39. The minimum Gasteiger partial charge on any atom is -0.442 e. The van der Waals surface area contributed by atoms with Crippen LogP contribution in [-0.4, -0.2) is 81.0 Å². The standard InChI is InChI=1S/C20H30FN5O3/c1-4-24(10-11-25-9-5-8-23(25)3)19-7-6-16(12-18(19)21)26-14-17(29-20(26)28)13-22-15(2)27/h6-7,12,17H,4-5,8-11,13-14H2,1-3H3,(H,22,27)/t17-/m0/s1. The summed E-state index contributed by atoms with van der Waals surface area (Å²) in [5, 5.41) is 7.13. The molecule has 29 heavy (non-hydrogen) atoms. The summed E-state index contributed by atoms with van der Waals surface area (Å²) in [6.07, 6.45) is 0.177. The molecule has 2 fully saturated rings. The van der Waals surface area contributed by atoms with Crippen molar-refractivity contribution in [2.75, 3.05) is 62.7 Å². The quantitative estimate of drug-likeness (QED) is 0.707. The topological polar surface area (TPSA) is 68.4 Å². The maximum Gasteiger partial charge on any atom is 0.414 e. The van der Waals surface area contributed by atoms with E-state index in [2.05, 4.69) is 22.4 Å². The highest BCUT2D eigenvalue weighted by atomic mass is 19.1. The Bertz CT molecular complexity index is 747. The van der Waals surface area contributed by atoms with Crippen LogP contribution in [0.4, 0.5) is 20.6 Å². The molecule has 2 aliphatic rings. The second kappa shape index (κ2) is 9.41. The van der Waals surface area contributed by atoms with Crippen molar-refractivity contribution in [3.63, 3.8) is 0 Å². The number of cyclic esters (lactones) is 1. The van der Waals surface area contributed by atoms with Crippen molar-refractivity contribution < 1.29 is 18.7 Å². The lowest BCUT2D eigenvalue weighted by atomic mass is 10.2. The minimum absolute atomic E-state index is 0.185. The maximum atomic E-state index is 14.9. The molecule has 0 aromatic heterocycles. The number of carbonyl (C=O) groups is 2. The highest BCUT2D eigenvalue weighted by Gasteiger charge is 2.33. The third-order valence-electron chi connectivity index (χ3n) is 5.43. The number of rotatable bonds is 8. The Morgan fingerprint density at radius 2 is 2.17 bits per heavy atom. The molecule has 1 aromatic carbocycles. The largest absolute Gasteiger partial charge is 0.442 e.